The van der Waals surface area contributed by atoms with Crippen LogP contribution in [0.25, 0.3) is 22.4 Å². The number of carbonyl (C=O) groups excluding carboxylic acids is 1. The summed E-state index contributed by atoms with van der Waals surface area (Å²) in [7, 11) is 0. The van der Waals surface area contributed by atoms with Crippen LogP contribution in [0.5, 0.6) is 0 Å². The van der Waals surface area contributed by atoms with Crippen LogP contribution in [-0.2, 0) is 0 Å². The van der Waals surface area contributed by atoms with Crippen molar-refractivity contribution in [3.63, 3.8) is 0 Å². The van der Waals surface area contributed by atoms with E-state index in [0.29, 0.717) is 17.0 Å². The van der Waals surface area contributed by atoms with Crippen LogP contribution in [0, 0.1) is 13.8 Å². The minimum Gasteiger partial charge on any atom is -0.506 e. The zero-order valence-electron chi connectivity index (χ0n) is 12.3. The number of rotatable bonds is 1. The first-order valence-corrected chi connectivity index (χ1v) is 7.11. The van der Waals surface area contributed by atoms with Crippen LogP contribution in [-0.4, -0.2) is 20.9 Å². The van der Waals surface area contributed by atoms with E-state index >= 15 is 0 Å². The highest BCUT2D eigenvalue weighted by atomic mass is 16.3. The Morgan fingerprint density at radius 3 is 2.45 bits per heavy atom. The standard InChI is InChI=1S/C18H14N2O2/c1-9-7-13-14(8-10(9)2)20-18(19-13)15-16(21)11-5-3-4-6-12(11)17(15)22/h3-8,21H,1-2H3,(H,19,20). The van der Waals surface area contributed by atoms with Gasteiger partial charge in [0.15, 0.2) is 0 Å². The first-order chi connectivity index (χ1) is 10.6. The number of benzene rings is 2. The number of ketones is 1. The van der Waals surface area contributed by atoms with Gasteiger partial charge in [-0.25, -0.2) is 4.98 Å². The van der Waals surface area contributed by atoms with E-state index < -0.39 is 0 Å². The molecule has 1 heterocycles. The molecule has 108 valence electrons. The molecule has 1 aliphatic carbocycles. The summed E-state index contributed by atoms with van der Waals surface area (Å²) >= 11 is 0. The largest absolute Gasteiger partial charge is 0.506 e. The van der Waals surface area contributed by atoms with Crippen LogP contribution >= 0.6 is 0 Å². The Balaban J connectivity index is 1.93. The molecule has 0 bridgehead atoms. The quantitative estimate of drug-likeness (QED) is 0.716. The van der Waals surface area contributed by atoms with Crippen molar-refractivity contribution in [3.8, 4) is 0 Å². The third kappa shape index (κ3) is 1.64. The van der Waals surface area contributed by atoms with Gasteiger partial charge in [0.1, 0.15) is 17.2 Å². The highest BCUT2D eigenvalue weighted by Crippen LogP contribution is 2.36. The first-order valence-electron chi connectivity index (χ1n) is 7.11. The Labute approximate surface area is 127 Å². The van der Waals surface area contributed by atoms with E-state index in [4.69, 9.17) is 0 Å². The lowest BCUT2D eigenvalue weighted by atomic mass is 10.1. The fourth-order valence-corrected chi connectivity index (χ4v) is 2.87. The second kappa shape index (κ2) is 4.31. The monoisotopic (exact) mass is 290 g/mol. The van der Waals surface area contributed by atoms with Crippen LogP contribution in [0.3, 0.4) is 0 Å². The van der Waals surface area contributed by atoms with Crippen LogP contribution in [0.15, 0.2) is 36.4 Å². The van der Waals surface area contributed by atoms with Gasteiger partial charge in [-0.1, -0.05) is 24.3 Å². The number of fused-ring (bicyclic) bond motifs is 2. The minimum absolute atomic E-state index is 0.00639. The van der Waals surface area contributed by atoms with Crippen molar-refractivity contribution in [1.29, 1.82) is 0 Å². The summed E-state index contributed by atoms with van der Waals surface area (Å²) in [6.07, 6.45) is 0. The van der Waals surface area contributed by atoms with Gasteiger partial charge in [-0.05, 0) is 37.1 Å². The van der Waals surface area contributed by atoms with Crippen molar-refractivity contribution in [2.75, 3.05) is 0 Å². The van der Waals surface area contributed by atoms with Gasteiger partial charge in [0.2, 0.25) is 5.78 Å². The fourth-order valence-electron chi connectivity index (χ4n) is 2.87. The molecule has 0 radical (unpaired) electrons. The molecule has 4 nitrogen and oxygen atoms in total. The maximum Gasteiger partial charge on any atom is 0.201 e. The van der Waals surface area contributed by atoms with E-state index in [-0.39, 0.29) is 17.1 Å². The zero-order chi connectivity index (χ0) is 15.4. The number of aromatic nitrogens is 2. The molecule has 0 saturated heterocycles. The molecule has 0 amide bonds. The van der Waals surface area contributed by atoms with Crippen LogP contribution in [0.4, 0.5) is 0 Å². The summed E-state index contributed by atoms with van der Waals surface area (Å²) in [6, 6.07) is 11.0. The molecule has 3 aromatic rings. The predicted octanol–water partition coefficient (Wildman–Crippen LogP) is 3.80. The molecule has 0 unspecified atom stereocenters. The van der Waals surface area contributed by atoms with Gasteiger partial charge >= 0.3 is 0 Å². The lowest BCUT2D eigenvalue weighted by Gasteiger charge is -1.97. The molecule has 0 spiro atoms. The molecule has 0 saturated carbocycles. The highest BCUT2D eigenvalue weighted by molar-refractivity contribution is 6.38. The minimum atomic E-state index is -0.194. The topological polar surface area (TPSA) is 66.0 Å². The van der Waals surface area contributed by atoms with Crippen molar-refractivity contribution >= 4 is 28.1 Å². The number of hydrogen-bond acceptors (Lipinski definition) is 3. The fraction of sp³-hybridized carbons (Fsp3) is 0.111. The molecule has 4 heteroatoms. The number of imidazole rings is 1. The normalized spacial score (nSPS) is 14.0. The molecule has 1 aromatic heterocycles. The van der Waals surface area contributed by atoms with Crippen LogP contribution < -0.4 is 0 Å². The molecule has 2 N–H and O–H groups in total. The summed E-state index contributed by atoms with van der Waals surface area (Å²) in [5, 5.41) is 10.4. The summed E-state index contributed by atoms with van der Waals surface area (Å²) in [5.74, 6) is 0.215. The van der Waals surface area contributed by atoms with E-state index in [1.165, 1.54) is 0 Å². The molecule has 0 aliphatic heterocycles. The van der Waals surface area contributed by atoms with Crippen LogP contribution in [0.1, 0.15) is 32.9 Å². The van der Waals surface area contributed by atoms with E-state index in [0.717, 1.165) is 22.2 Å². The second-order valence-electron chi connectivity index (χ2n) is 5.64. The summed E-state index contributed by atoms with van der Waals surface area (Å²) in [5.41, 5.74) is 5.28. The van der Waals surface area contributed by atoms with Gasteiger partial charge in [-0.2, -0.15) is 0 Å². The number of carbonyl (C=O) groups is 1. The number of nitrogens with zero attached hydrogens (tertiary/aromatic N) is 1. The lowest BCUT2D eigenvalue weighted by Crippen LogP contribution is -1.99. The summed E-state index contributed by atoms with van der Waals surface area (Å²) < 4.78 is 0. The number of allylic oxidation sites excluding steroid dienone is 1. The Kier molecular flexibility index (Phi) is 2.51. The van der Waals surface area contributed by atoms with Crippen molar-refractivity contribution in [3.05, 3.63) is 64.5 Å². The summed E-state index contributed by atoms with van der Waals surface area (Å²) in [6.45, 7) is 4.05. The Morgan fingerprint density at radius 2 is 1.73 bits per heavy atom. The van der Waals surface area contributed by atoms with Crippen molar-refractivity contribution < 1.29 is 9.90 Å². The van der Waals surface area contributed by atoms with E-state index in [1.54, 1.807) is 24.3 Å². The van der Waals surface area contributed by atoms with Crippen molar-refractivity contribution in [2.24, 2.45) is 0 Å². The van der Waals surface area contributed by atoms with E-state index in [9.17, 15) is 9.90 Å². The van der Waals surface area contributed by atoms with Crippen LogP contribution in [0.2, 0.25) is 0 Å². The molecule has 22 heavy (non-hydrogen) atoms. The predicted molar refractivity (Wildman–Crippen MR) is 85.8 cm³/mol. The average molecular weight is 290 g/mol. The molecular weight excluding hydrogens is 276 g/mol. The SMILES string of the molecule is Cc1cc2nc(C3=C(O)c4ccccc4C3=O)[nH]c2cc1C. The molecule has 0 atom stereocenters. The summed E-state index contributed by atoms with van der Waals surface area (Å²) in [4.78, 5) is 20.2. The maximum absolute atomic E-state index is 12.5. The highest BCUT2D eigenvalue weighted by Gasteiger charge is 2.32. The number of aryl methyl sites for hydroxylation is 2. The van der Waals surface area contributed by atoms with Crippen molar-refractivity contribution in [2.45, 2.75) is 13.8 Å². The van der Waals surface area contributed by atoms with Gasteiger partial charge in [0.05, 0.1) is 11.0 Å². The number of aliphatic hydroxyl groups is 1. The van der Waals surface area contributed by atoms with Gasteiger partial charge < -0.3 is 10.1 Å². The maximum atomic E-state index is 12.5. The van der Waals surface area contributed by atoms with Gasteiger partial charge in [-0.3, -0.25) is 4.79 Å². The molecule has 2 aromatic carbocycles. The Morgan fingerprint density at radius 1 is 1.05 bits per heavy atom. The number of Topliss-reactive ketones (excluding diaryl/α,β-unsaturated/α-hetero) is 1. The van der Waals surface area contributed by atoms with Gasteiger partial charge in [-0.15, -0.1) is 0 Å². The molecule has 1 aliphatic rings. The number of H-pyrrole nitrogens is 1. The van der Waals surface area contributed by atoms with Gasteiger partial charge in [0, 0.05) is 11.1 Å². The number of nitrogens with one attached hydrogen (secondary N) is 1. The number of hydrogen-bond donors (Lipinski definition) is 2. The number of aromatic amines is 1. The first kappa shape index (κ1) is 12.8. The van der Waals surface area contributed by atoms with Crippen molar-refractivity contribution in [1.82, 2.24) is 9.97 Å². The third-order valence-electron chi connectivity index (χ3n) is 4.22. The van der Waals surface area contributed by atoms with E-state index in [1.807, 2.05) is 26.0 Å². The third-order valence-corrected chi connectivity index (χ3v) is 4.22. The Hall–Kier alpha value is -2.88. The number of aliphatic hydroxyl groups excluding tert-OH is 1. The molecule has 0 fully saturated rings. The average Bonchev–Trinajstić information content (AvgIpc) is 3.00. The van der Waals surface area contributed by atoms with Gasteiger partial charge in [0.25, 0.3) is 0 Å². The lowest BCUT2D eigenvalue weighted by molar-refractivity contribution is 0.105. The smallest absolute Gasteiger partial charge is 0.201 e. The second-order valence-corrected chi connectivity index (χ2v) is 5.64. The Bertz CT molecular complexity index is 941. The molecular formula is C18H14N2O2. The zero-order valence-corrected chi connectivity index (χ0v) is 12.3. The molecule has 4 rings (SSSR count). The van der Waals surface area contributed by atoms with E-state index in [2.05, 4.69) is 9.97 Å².